The van der Waals surface area contributed by atoms with E-state index in [0.717, 1.165) is 0 Å². The van der Waals surface area contributed by atoms with E-state index in [1.807, 2.05) is 5.32 Å². The Bertz CT molecular complexity index is 2110. The van der Waals surface area contributed by atoms with Crippen LogP contribution in [-0.2, 0) is 74.1 Å². The van der Waals surface area contributed by atoms with Gasteiger partial charge in [-0.3, -0.25) is 43.3 Å². The van der Waals surface area contributed by atoms with Crippen molar-refractivity contribution in [2.24, 2.45) is 11.1 Å². The number of amides is 5. The van der Waals surface area contributed by atoms with Crippen LogP contribution in [-0.4, -0.2) is 191 Å². The van der Waals surface area contributed by atoms with Gasteiger partial charge >= 0.3 is 47.8 Å². The summed E-state index contributed by atoms with van der Waals surface area (Å²) >= 11 is 0. The third-order valence-corrected chi connectivity index (χ3v) is 11.9. The van der Waals surface area contributed by atoms with Gasteiger partial charge in [-0.1, -0.05) is 13.8 Å². The number of aromatic nitrogens is 4. The zero-order chi connectivity index (χ0) is 53.1. The first kappa shape index (κ1) is 58.4. The first-order chi connectivity index (χ1) is 32.6. The lowest BCUT2D eigenvalue weighted by Gasteiger charge is -2.53. The average molecular weight is 996 g/mol. The Balaban J connectivity index is 2.41. The van der Waals surface area contributed by atoms with Crippen LogP contribution in [0.15, 0.2) is 24.8 Å². The predicted molar refractivity (Wildman–Crippen MR) is 236 cm³/mol. The maximum absolute atomic E-state index is 13.9. The number of nitrogens with two attached hydrogens (primary N) is 1. The van der Waals surface area contributed by atoms with Crippen molar-refractivity contribution < 1.29 is 88.5 Å². The normalized spacial score (nSPS) is 13.5. The number of carboxylic acid groups (broad SMARTS) is 7. The molecular weight excluding hydrogens is 935 g/mol. The standard InChI is InChI=1S/C41H61N11O18/c1-5-41(4,35(42)36(65)45-11-7-6-8-24(37(66)67)46-39(70)47-25(38(68)69)9-10-30(55)56)40(2,3)52(16-26-43-12-14-48(26)18-28(53)50(20-31(57)58)21-32(59)60)17-27-44-13-15-49(27)19-29(54)51(22-33(61)62)23-34(63)64/h12-15,24-25,35H,5-11,16-23,42H2,1-4H3,(H,45,65)(H,55,56)(H,57,58)(H,59,60)(H,61,62)(H,63,64)(H,66,67)(H,68,69)(H2,46,47,70). The summed E-state index contributed by atoms with van der Waals surface area (Å²) in [5, 5.41) is 72.0. The molecule has 2 rings (SSSR count). The number of carbonyl (C=O) groups is 11. The molecule has 0 aliphatic carbocycles. The maximum atomic E-state index is 13.9. The fourth-order valence-electron chi connectivity index (χ4n) is 7.29. The summed E-state index contributed by atoms with van der Waals surface area (Å²) in [5.41, 5.74) is 4.40. The van der Waals surface area contributed by atoms with Crippen molar-refractivity contribution in [1.29, 1.82) is 0 Å². The number of nitrogens with zero attached hydrogens (tertiary/aromatic N) is 7. The first-order valence-electron chi connectivity index (χ1n) is 21.6. The van der Waals surface area contributed by atoms with Crippen LogP contribution in [0.3, 0.4) is 0 Å². The molecule has 4 atom stereocenters. The van der Waals surface area contributed by atoms with Crippen molar-refractivity contribution in [2.45, 2.75) is 116 Å². The van der Waals surface area contributed by atoms with E-state index in [4.69, 9.17) is 10.8 Å². The van der Waals surface area contributed by atoms with Crippen LogP contribution in [0, 0.1) is 5.41 Å². The van der Waals surface area contributed by atoms with Crippen molar-refractivity contribution in [3.05, 3.63) is 36.4 Å². The zero-order valence-electron chi connectivity index (χ0n) is 39.0. The highest BCUT2D eigenvalue weighted by molar-refractivity contribution is 5.87. The Morgan fingerprint density at radius 2 is 1.06 bits per heavy atom. The number of urea groups is 1. The number of imidazole rings is 2. The van der Waals surface area contributed by atoms with Gasteiger partial charge in [-0.05, 0) is 46.0 Å². The molecule has 0 radical (unpaired) electrons. The molecule has 29 nitrogen and oxygen atoms in total. The monoisotopic (exact) mass is 995 g/mol. The molecule has 0 saturated carbocycles. The molecule has 70 heavy (non-hydrogen) atoms. The molecule has 0 aliphatic heterocycles. The van der Waals surface area contributed by atoms with Gasteiger partial charge in [0.1, 0.15) is 63.0 Å². The molecule has 0 fully saturated rings. The van der Waals surface area contributed by atoms with E-state index in [2.05, 4.69) is 20.6 Å². The summed E-state index contributed by atoms with van der Waals surface area (Å²) in [4.78, 5) is 145. The number of unbranched alkanes of at least 4 members (excludes halogenated alkanes) is 1. The van der Waals surface area contributed by atoms with Gasteiger partial charge in [-0.2, -0.15) is 0 Å². The summed E-state index contributed by atoms with van der Waals surface area (Å²) in [7, 11) is 0. The second-order valence-corrected chi connectivity index (χ2v) is 16.8. The van der Waals surface area contributed by atoms with Crippen LogP contribution in [0.5, 0.6) is 0 Å². The molecular formula is C41H61N11O18. The van der Waals surface area contributed by atoms with Gasteiger partial charge in [0.2, 0.25) is 17.7 Å². The number of aliphatic carboxylic acids is 7. The highest BCUT2D eigenvalue weighted by Crippen LogP contribution is 2.43. The molecule has 2 aromatic heterocycles. The topological polar surface area (TPSA) is 437 Å². The summed E-state index contributed by atoms with van der Waals surface area (Å²) in [5.74, 6) is -12.1. The Labute approximate surface area is 399 Å². The van der Waals surface area contributed by atoms with Gasteiger partial charge in [0, 0.05) is 48.7 Å². The Morgan fingerprint density at radius 1 is 0.643 bits per heavy atom. The van der Waals surface area contributed by atoms with E-state index in [1.54, 1.807) is 32.6 Å². The van der Waals surface area contributed by atoms with E-state index in [-0.39, 0.29) is 57.0 Å². The number of hydrogen-bond donors (Lipinski definition) is 11. The minimum Gasteiger partial charge on any atom is -0.481 e. The van der Waals surface area contributed by atoms with Gasteiger partial charge in [0.25, 0.3) is 0 Å². The third-order valence-electron chi connectivity index (χ3n) is 11.9. The van der Waals surface area contributed by atoms with Gasteiger partial charge in [-0.25, -0.2) is 24.4 Å². The average Bonchev–Trinajstić information content (AvgIpc) is 3.90. The van der Waals surface area contributed by atoms with Gasteiger partial charge < -0.3 is 76.4 Å². The highest BCUT2D eigenvalue weighted by atomic mass is 16.4. The number of carboxylic acids is 7. The number of carbonyl (C=O) groups excluding carboxylic acids is 4. The van der Waals surface area contributed by atoms with E-state index in [0.29, 0.717) is 9.80 Å². The van der Waals surface area contributed by atoms with Crippen molar-refractivity contribution in [2.75, 3.05) is 32.7 Å². The van der Waals surface area contributed by atoms with Crippen LogP contribution in [0.1, 0.15) is 77.9 Å². The highest BCUT2D eigenvalue weighted by Gasteiger charge is 2.50. The molecule has 0 saturated heterocycles. The fraction of sp³-hybridized carbons (Fsp3) is 0.585. The third kappa shape index (κ3) is 17.8. The lowest BCUT2D eigenvalue weighted by Crippen LogP contribution is -2.64. The number of nitrogens with one attached hydrogen (secondary N) is 3. The van der Waals surface area contributed by atoms with Gasteiger partial charge in [0.15, 0.2) is 0 Å². The predicted octanol–water partition coefficient (Wildman–Crippen LogP) is -2.04. The van der Waals surface area contributed by atoms with Crippen molar-refractivity contribution >= 4 is 65.5 Å². The summed E-state index contributed by atoms with van der Waals surface area (Å²) in [6.45, 7) is 1.97. The van der Waals surface area contributed by atoms with E-state index in [1.165, 1.54) is 33.9 Å². The maximum Gasteiger partial charge on any atom is 0.326 e. The van der Waals surface area contributed by atoms with Crippen LogP contribution in [0.2, 0.25) is 0 Å². The van der Waals surface area contributed by atoms with E-state index >= 15 is 0 Å². The molecule has 0 spiro atoms. The van der Waals surface area contributed by atoms with Crippen LogP contribution in [0.4, 0.5) is 4.79 Å². The van der Waals surface area contributed by atoms with E-state index < -0.39 is 147 Å². The molecule has 388 valence electrons. The molecule has 4 unspecified atom stereocenters. The minimum absolute atomic E-state index is 0.0102. The van der Waals surface area contributed by atoms with Gasteiger partial charge in [-0.15, -0.1) is 0 Å². The summed E-state index contributed by atoms with van der Waals surface area (Å²) < 4.78 is 2.71. The second kappa shape index (κ2) is 26.7. The first-order valence-corrected chi connectivity index (χ1v) is 21.6. The fourth-order valence-corrected chi connectivity index (χ4v) is 7.29. The van der Waals surface area contributed by atoms with Crippen LogP contribution >= 0.6 is 0 Å². The molecule has 29 heteroatoms. The smallest absolute Gasteiger partial charge is 0.326 e. The largest absolute Gasteiger partial charge is 0.481 e. The van der Waals surface area contributed by atoms with Crippen LogP contribution in [0.25, 0.3) is 0 Å². The lowest BCUT2D eigenvalue weighted by atomic mass is 9.65. The van der Waals surface area contributed by atoms with Crippen molar-refractivity contribution in [3.63, 3.8) is 0 Å². The Morgan fingerprint density at radius 3 is 1.43 bits per heavy atom. The number of hydrogen-bond acceptors (Lipinski definition) is 15. The van der Waals surface area contributed by atoms with Crippen molar-refractivity contribution in [3.8, 4) is 0 Å². The molecule has 0 aromatic carbocycles. The summed E-state index contributed by atoms with van der Waals surface area (Å²) in [6.07, 6.45) is 4.87. The summed E-state index contributed by atoms with van der Waals surface area (Å²) in [6, 6.07) is -5.50. The lowest BCUT2D eigenvalue weighted by molar-refractivity contribution is -0.150. The molecule has 2 heterocycles. The van der Waals surface area contributed by atoms with Crippen molar-refractivity contribution in [1.82, 2.24) is 49.8 Å². The van der Waals surface area contributed by atoms with E-state index in [9.17, 15) is 83.4 Å². The zero-order valence-corrected chi connectivity index (χ0v) is 39.0. The molecule has 12 N–H and O–H groups in total. The molecule has 0 aliphatic rings. The second-order valence-electron chi connectivity index (χ2n) is 16.8. The number of rotatable bonds is 33. The quantitative estimate of drug-likeness (QED) is 0.0343. The SMILES string of the molecule is CCC(C)(C(N)C(=O)NCCCCC(NC(=O)NC(CCC(=O)O)C(=O)O)C(=O)O)C(C)(C)N(Cc1nccn1CC(=O)N(CC(=O)O)CC(=O)O)Cc1nccn1CC(=O)N(CC(=O)O)CC(=O)O. The molecule has 2 aromatic rings. The Hall–Kier alpha value is -7.69. The van der Waals surface area contributed by atoms with Gasteiger partial charge in [0.05, 0.1) is 19.1 Å². The van der Waals surface area contributed by atoms with Crippen LogP contribution < -0.4 is 21.7 Å². The minimum atomic E-state index is -1.60. The molecule has 5 amide bonds. The Kier molecular flexibility index (Phi) is 22.3. The molecule has 0 bridgehead atoms.